The van der Waals surface area contributed by atoms with E-state index in [1.807, 2.05) is 0 Å². The molecule has 0 radical (unpaired) electrons. The Kier molecular flexibility index (Phi) is 6.49. The van der Waals surface area contributed by atoms with Crippen molar-refractivity contribution in [2.24, 2.45) is 5.41 Å². The van der Waals surface area contributed by atoms with Crippen molar-refractivity contribution in [3.63, 3.8) is 0 Å². The van der Waals surface area contributed by atoms with Gasteiger partial charge in [-0.25, -0.2) is 0 Å². The fraction of sp³-hybridized carbons (Fsp3) is 0.667. The predicted octanol–water partition coefficient (Wildman–Crippen LogP) is 9.25. The molecule has 2 atom stereocenters. The summed E-state index contributed by atoms with van der Waals surface area (Å²) in [6.07, 6.45) is 2.46. The maximum atomic E-state index is 7.35. The van der Waals surface area contributed by atoms with Crippen molar-refractivity contribution in [3.8, 4) is 0 Å². The van der Waals surface area contributed by atoms with E-state index in [0.717, 1.165) is 12.8 Å². The molecule has 4 rings (SSSR count). The van der Waals surface area contributed by atoms with E-state index >= 15 is 0 Å². The lowest BCUT2D eigenvalue weighted by Gasteiger charge is -2.50. The number of aromatic amines is 1. The van der Waals surface area contributed by atoms with Crippen LogP contribution in [0.15, 0.2) is 29.8 Å². The minimum absolute atomic E-state index is 0.120. The lowest BCUT2D eigenvalue weighted by atomic mass is 9.66. The van der Waals surface area contributed by atoms with Crippen LogP contribution in [-0.2, 0) is 8.85 Å². The summed E-state index contributed by atoms with van der Waals surface area (Å²) < 4.78 is 14.2. The van der Waals surface area contributed by atoms with Crippen LogP contribution in [0.2, 0.25) is 36.3 Å². The first-order valence-corrected chi connectivity index (χ1v) is 19.3. The number of para-hydroxylation sites is 1. The normalized spacial score (nSPS) is 23.1. The van der Waals surface area contributed by atoms with Gasteiger partial charge in [0.2, 0.25) is 0 Å². The molecule has 0 bridgehead atoms. The smallest absolute Gasteiger partial charge is 0.192 e. The molecule has 0 saturated heterocycles. The molecule has 1 heterocycles. The molecule has 1 saturated carbocycles. The number of hydrogen-bond donors (Lipinski definition) is 1. The van der Waals surface area contributed by atoms with E-state index in [9.17, 15) is 0 Å². The molecule has 2 aromatic rings. The van der Waals surface area contributed by atoms with Gasteiger partial charge in [-0.3, -0.25) is 0 Å². The van der Waals surface area contributed by atoms with Crippen LogP contribution in [0, 0.1) is 5.41 Å². The summed E-state index contributed by atoms with van der Waals surface area (Å²) in [5.41, 5.74) is 7.10. The summed E-state index contributed by atoms with van der Waals surface area (Å²) in [5.74, 6) is 0.303. The van der Waals surface area contributed by atoms with E-state index in [-0.39, 0.29) is 21.6 Å². The molecule has 1 aromatic heterocycles. The second kappa shape index (κ2) is 8.44. The fourth-order valence-electron chi connectivity index (χ4n) is 5.29. The molecule has 0 amide bonds. The average Bonchev–Trinajstić information content (AvgIpc) is 3.21. The molecule has 3 nitrogen and oxygen atoms in total. The Balaban J connectivity index is 1.85. The van der Waals surface area contributed by atoms with Crippen LogP contribution in [0.3, 0.4) is 0 Å². The number of nitrogens with one attached hydrogen (secondary N) is 1. The summed E-state index contributed by atoms with van der Waals surface area (Å²) in [7, 11) is -3.83. The largest absolute Gasteiger partial charge is 0.412 e. The van der Waals surface area contributed by atoms with Crippen LogP contribution in [0.25, 0.3) is 16.5 Å². The lowest BCUT2D eigenvalue weighted by molar-refractivity contribution is 0.0257. The molecular formula is C30H49NO2Si2. The molecule has 2 aliphatic carbocycles. The Morgan fingerprint density at radius 2 is 1.54 bits per heavy atom. The number of hydrogen-bond acceptors (Lipinski definition) is 2. The highest BCUT2D eigenvalue weighted by Crippen LogP contribution is 2.58. The molecule has 0 unspecified atom stereocenters. The Morgan fingerprint density at radius 3 is 2.14 bits per heavy atom. The van der Waals surface area contributed by atoms with Crippen molar-refractivity contribution in [3.05, 3.63) is 41.1 Å². The minimum Gasteiger partial charge on any atom is -0.412 e. The van der Waals surface area contributed by atoms with Crippen molar-refractivity contribution >= 4 is 33.1 Å². The van der Waals surface area contributed by atoms with Gasteiger partial charge in [0.05, 0.1) is 12.7 Å². The van der Waals surface area contributed by atoms with E-state index in [0.29, 0.717) is 12.5 Å². The van der Waals surface area contributed by atoms with Crippen LogP contribution in [0.5, 0.6) is 0 Å². The summed E-state index contributed by atoms with van der Waals surface area (Å²) in [6, 6.07) is 8.83. The van der Waals surface area contributed by atoms with Gasteiger partial charge in [0.25, 0.3) is 0 Å². The number of aromatic nitrogens is 1. The number of rotatable bonds is 5. The number of H-pyrrole nitrogens is 1. The van der Waals surface area contributed by atoms with Crippen molar-refractivity contribution in [1.29, 1.82) is 0 Å². The lowest BCUT2D eigenvalue weighted by Crippen LogP contribution is -2.51. The zero-order chi connectivity index (χ0) is 26.2. The molecule has 194 valence electrons. The summed E-state index contributed by atoms with van der Waals surface area (Å²) in [4.78, 5) is 3.83. The molecule has 1 fully saturated rings. The Labute approximate surface area is 216 Å². The molecule has 35 heavy (non-hydrogen) atoms. The first-order valence-electron chi connectivity index (χ1n) is 13.5. The maximum absolute atomic E-state index is 7.35. The van der Waals surface area contributed by atoms with Gasteiger partial charge in [0.15, 0.2) is 16.6 Å². The van der Waals surface area contributed by atoms with Crippen molar-refractivity contribution in [1.82, 2.24) is 4.98 Å². The van der Waals surface area contributed by atoms with E-state index in [4.69, 9.17) is 8.85 Å². The van der Waals surface area contributed by atoms with Gasteiger partial charge in [-0.2, -0.15) is 0 Å². The summed E-state index contributed by atoms with van der Waals surface area (Å²) >= 11 is 0. The Hall–Kier alpha value is -1.15. The highest BCUT2D eigenvalue weighted by molar-refractivity contribution is 6.74. The average molecular weight is 512 g/mol. The monoisotopic (exact) mass is 511 g/mol. The SMILES string of the molecule is CC1(C)CCC2=C(CO[Si](C)(C)C(C)(C)C)c3[nH]c4ccccc4c3[C@@H]2[C@H]1O[Si](C)(C)C(C)(C)C. The predicted molar refractivity (Wildman–Crippen MR) is 156 cm³/mol. The second-order valence-corrected chi connectivity index (χ2v) is 24.3. The first-order chi connectivity index (χ1) is 15.9. The standard InChI is InChI=1S/C30H49NO2Si2/c1-28(2,3)34(9,10)32-19-22-20-17-18-30(7,8)27(33-35(11,12)29(4,5)6)25(20)24-21-15-13-14-16-23(21)31-26(22)24/h13-16,25,27,31H,17-19H2,1-12H3/t25-,27-/m1/s1. The van der Waals surface area contributed by atoms with E-state index in [1.165, 1.54) is 27.7 Å². The van der Waals surface area contributed by atoms with Gasteiger partial charge >= 0.3 is 0 Å². The Morgan fingerprint density at radius 1 is 0.943 bits per heavy atom. The van der Waals surface area contributed by atoms with Crippen molar-refractivity contribution < 1.29 is 8.85 Å². The molecular weight excluding hydrogens is 463 g/mol. The molecule has 2 aliphatic rings. The van der Waals surface area contributed by atoms with Gasteiger partial charge in [0, 0.05) is 28.1 Å². The van der Waals surface area contributed by atoms with E-state index < -0.39 is 16.6 Å². The molecule has 1 N–H and O–H groups in total. The topological polar surface area (TPSA) is 34.2 Å². The van der Waals surface area contributed by atoms with Gasteiger partial charge in [-0.1, -0.05) is 79.2 Å². The highest BCUT2D eigenvalue weighted by Gasteiger charge is 2.52. The molecule has 0 aliphatic heterocycles. The van der Waals surface area contributed by atoms with Crippen molar-refractivity contribution in [2.75, 3.05) is 6.61 Å². The van der Waals surface area contributed by atoms with Gasteiger partial charge in [-0.15, -0.1) is 0 Å². The number of benzene rings is 1. The second-order valence-electron chi connectivity index (χ2n) is 14.8. The van der Waals surface area contributed by atoms with E-state index in [1.54, 1.807) is 5.57 Å². The van der Waals surface area contributed by atoms with E-state index in [2.05, 4.69) is 111 Å². The van der Waals surface area contributed by atoms with Crippen molar-refractivity contribution in [2.45, 2.75) is 117 Å². The molecule has 5 heteroatoms. The third-order valence-electron chi connectivity index (χ3n) is 9.85. The fourth-order valence-corrected chi connectivity index (χ4v) is 7.68. The van der Waals surface area contributed by atoms with Crippen LogP contribution in [-0.4, -0.2) is 34.3 Å². The van der Waals surface area contributed by atoms with Gasteiger partial charge < -0.3 is 13.8 Å². The quantitative estimate of drug-likeness (QED) is 0.406. The molecule has 1 aromatic carbocycles. The first kappa shape index (κ1) is 26.9. The third kappa shape index (κ3) is 4.56. The summed E-state index contributed by atoms with van der Waals surface area (Å²) in [6.45, 7) is 29.2. The third-order valence-corrected chi connectivity index (χ3v) is 18.8. The van der Waals surface area contributed by atoms with Crippen LogP contribution >= 0.6 is 0 Å². The highest BCUT2D eigenvalue weighted by atomic mass is 28.4. The minimum atomic E-state index is -1.96. The van der Waals surface area contributed by atoms with Gasteiger partial charge in [-0.05, 0) is 66.2 Å². The maximum Gasteiger partial charge on any atom is 0.192 e. The Bertz CT molecular complexity index is 1140. The molecule has 0 spiro atoms. The van der Waals surface area contributed by atoms with Crippen LogP contribution in [0.4, 0.5) is 0 Å². The zero-order valence-corrected chi connectivity index (χ0v) is 26.4. The number of fused-ring (bicyclic) bond motifs is 5. The summed E-state index contributed by atoms with van der Waals surface area (Å²) in [5, 5.41) is 1.73. The van der Waals surface area contributed by atoms with Gasteiger partial charge in [0.1, 0.15) is 0 Å². The van der Waals surface area contributed by atoms with Crippen LogP contribution < -0.4 is 0 Å². The van der Waals surface area contributed by atoms with Crippen LogP contribution in [0.1, 0.15) is 85.4 Å². The zero-order valence-electron chi connectivity index (χ0n) is 24.4.